The van der Waals surface area contributed by atoms with Gasteiger partial charge in [0.25, 0.3) is 0 Å². The highest BCUT2D eigenvalue weighted by molar-refractivity contribution is 7.92. The van der Waals surface area contributed by atoms with Gasteiger partial charge in [0.15, 0.2) is 9.84 Å². The normalized spacial score (nSPS) is 28.2. The molecule has 2 unspecified atom stereocenters. The number of hydrogen-bond donors (Lipinski definition) is 2. The van der Waals surface area contributed by atoms with Gasteiger partial charge in [-0.05, 0) is 12.8 Å². The molecule has 0 aromatic rings. The van der Waals surface area contributed by atoms with E-state index in [9.17, 15) is 8.42 Å². The molecule has 3 N–H and O–H groups in total. The topological polar surface area (TPSA) is 72.2 Å². The first-order chi connectivity index (χ1) is 6.11. The van der Waals surface area contributed by atoms with Gasteiger partial charge in [-0.15, -0.1) is 12.3 Å². The molecule has 0 aliphatic carbocycles. The molecular weight excluding hydrogens is 188 g/mol. The zero-order valence-electron chi connectivity index (χ0n) is 7.36. The molecule has 0 radical (unpaired) electrons. The second-order valence-corrected chi connectivity index (χ2v) is 5.57. The first-order valence-electron chi connectivity index (χ1n) is 4.23. The summed E-state index contributed by atoms with van der Waals surface area (Å²) < 4.78 is 22.9. The summed E-state index contributed by atoms with van der Waals surface area (Å²) in [5.74, 6) is 7.94. The molecule has 13 heavy (non-hydrogen) atoms. The summed E-state index contributed by atoms with van der Waals surface area (Å²) in [7, 11) is -2.96. The fourth-order valence-corrected chi connectivity index (χ4v) is 3.77. The van der Waals surface area contributed by atoms with Crippen molar-refractivity contribution in [2.75, 3.05) is 5.75 Å². The van der Waals surface area contributed by atoms with Gasteiger partial charge in [-0.3, -0.25) is 11.3 Å². The Kier molecular flexibility index (Phi) is 3.31. The molecule has 2 atom stereocenters. The van der Waals surface area contributed by atoms with E-state index in [0.29, 0.717) is 12.8 Å². The summed E-state index contributed by atoms with van der Waals surface area (Å²) in [5.41, 5.74) is 2.48. The minimum absolute atomic E-state index is 0.264. The Labute approximate surface area is 78.8 Å². The minimum atomic E-state index is -2.96. The van der Waals surface area contributed by atoms with Gasteiger partial charge in [-0.1, -0.05) is 0 Å². The van der Waals surface area contributed by atoms with Gasteiger partial charge in [0.1, 0.15) is 0 Å². The van der Waals surface area contributed by atoms with Crippen LogP contribution in [0, 0.1) is 12.3 Å². The highest BCUT2D eigenvalue weighted by Gasteiger charge is 2.36. The van der Waals surface area contributed by atoms with E-state index in [1.807, 2.05) is 0 Å². The van der Waals surface area contributed by atoms with Crippen LogP contribution in [-0.4, -0.2) is 25.5 Å². The van der Waals surface area contributed by atoms with Gasteiger partial charge in [0.05, 0.1) is 11.0 Å². The largest absolute Gasteiger partial charge is 0.271 e. The van der Waals surface area contributed by atoms with Gasteiger partial charge in [0.2, 0.25) is 0 Å². The van der Waals surface area contributed by atoms with E-state index in [-0.39, 0.29) is 11.8 Å². The molecule has 0 aromatic heterocycles. The van der Waals surface area contributed by atoms with Gasteiger partial charge in [-0.25, -0.2) is 8.42 Å². The Bertz CT molecular complexity index is 305. The second-order valence-electron chi connectivity index (χ2n) is 3.23. The molecule has 0 aromatic carbocycles. The van der Waals surface area contributed by atoms with Gasteiger partial charge in [0, 0.05) is 12.5 Å². The number of nitrogens with two attached hydrogens (primary N) is 1. The molecule has 5 heteroatoms. The predicted octanol–water partition coefficient (Wildman–Crippen LogP) is -0.581. The standard InChI is InChI=1S/C8H14N2O2S/c1-2-4-7(10-9)8-5-3-6-13(8,11)12/h1,7-8,10H,3-6,9H2. The van der Waals surface area contributed by atoms with Crippen molar-refractivity contribution in [3.63, 3.8) is 0 Å². The van der Waals surface area contributed by atoms with Crippen LogP contribution in [-0.2, 0) is 9.84 Å². The molecule has 1 saturated heterocycles. The lowest BCUT2D eigenvalue weighted by molar-refractivity contribution is 0.487. The minimum Gasteiger partial charge on any atom is -0.271 e. The molecular formula is C8H14N2O2S. The van der Waals surface area contributed by atoms with Crippen molar-refractivity contribution in [3.05, 3.63) is 0 Å². The molecule has 1 fully saturated rings. The molecule has 0 saturated carbocycles. The van der Waals surface area contributed by atoms with E-state index in [4.69, 9.17) is 12.3 Å². The van der Waals surface area contributed by atoms with E-state index in [1.165, 1.54) is 0 Å². The van der Waals surface area contributed by atoms with Crippen molar-refractivity contribution < 1.29 is 8.42 Å². The van der Waals surface area contributed by atoms with E-state index < -0.39 is 15.1 Å². The first-order valence-corrected chi connectivity index (χ1v) is 5.94. The average Bonchev–Trinajstić information content (AvgIpc) is 2.41. The van der Waals surface area contributed by atoms with E-state index in [0.717, 1.165) is 6.42 Å². The average molecular weight is 202 g/mol. The van der Waals surface area contributed by atoms with Crippen molar-refractivity contribution in [2.45, 2.75) is 30.6 Å². The summed E-state index contributed by atoms with van der Waals surface area (Å²) in [6, 6.07) is -0.294. The zero-order valence-corrected chi connectivity index (χ0v) is 8.18. The maximum Gasteiger partial charge on any atom is 0.154 e. The molecule has 4 nitrogen and oxygen atoms in total. The van der Waals surface area contributed by atoms with Gasteiger partial charge in [-0.2, -0.15) is 0 Å². The van der Waals surface area contributed by atoms with Crippen molar-refractivity contribution in [1.82, 2.24) is 5.43 Å². The highest BCUT2D eigenvalue weighted by atomic mass is 32.2. The molecule has 1 rings (SSSR count). The lowest BCUT2D eigenvalue weighted by atomic mass is 10.1. The lowest BCUT2D eigenvalue weighted by Crippen LogP contribution is -2.45. The van der Waals surface area contributed by atoms with Crippen molar-refractivity contribution in [1.29, 1.82) is 0 Å². The number of hydrogen-bond acceptors (Lipinski definition) is 4. The van der Waals surface area contributed by atoms with Crippen LogP contribution in [0.2, 0.25) is 0 Å². The Balaban J connectivity index is 2.75. The van der Waals surface area contributed by atoms with Crippen LogP contribution in [0.1, 0.15) is 19.3 Å². The Hall–Kier alpha value is -0.570. The van der Waals surface area contributed by atoms with E-state index in [2.05, 4.69) is 11.3 Å². The smallest absolute Gasteiger partial charge is 0.154 e. The summed E-state index contributed by atoms with van der Waals surface area (Å²) in [5, 5.41) is -0.395. The Morgan fingerprint density at radius 3 is 2.77 bits per heavy atom. The fraction of sp³-hybridized carbons (Fsp3) is 0.750. The molecule has 0 bridgehead atoms. The van der Waals surface area contributed by atoms with Crippen molar-refractivity contribution in [2.24, 2.45) is 5.84 Å². The third kappa shape index (κ3) is 2.21. The van der Waals surface area contributed by atoms with Crippen LogP contribution in [0.15, 0.2) is 0 Å². The van der Waals surface area contributed by atoms with E-state index in [1.54, 1.807) is 0 Å². The van der Waals surface area contributed by atoms with Crippen LogP contribution in [0.3, 0.4) is 0 Å². The van der Waals surface area contributed by atoms with Crippen molar-refractivity contribution >= 4 is 9.84 Å². The molecule has 0 spiro atoms. The quantitative estimate of drug-likeness (QED) is 0.365. The molecule has 0 amide bonds. The number of sulfone groups is 1. The number of rotatable bonds is 3. The van der Waals surface area contributed by atoms with Crippen LogP contribution < -0.4 is 11.3 Å². The predicted molar refractivity (Wildman–Crippen MR) is 51.4 cm³/mol. The Morgan fingerprint density at radius 2 is 2.38 bits per heavy atom. The summed E-state index contributed by atoms with van der Waals surface area (Å²) >= 11 is 0. The number of terminal acetylenes is 1. The number of nitrogens with one attached hydrogen (secondary N) is 1. The summed E-state index contributed by atoms with van der Waals surface area (Å²) in [6.07, 6.45) is 6.87. The third-order valence-corrected chi connectivity index (χ3v) is 4.72. The summed E-state index contributed by atoms with van der Waals surface area (Å²) in [4.78, 5) is 0. The zero-order chi connectivity index (χ0) is 9.90. The van der Waals surface area contributed by atoms with E-state index >= 15 is 0 Å². The maximum absolute atomic E-state index is 11.5. The SMILES string of the molecule is C#CCC(NN)C1CCCS1(=O)=O. The summed E-state index contributed by atoms with van der Waals surface area (Å²) in [6.45, 7) is 0. The first kappa shape index (κ1) is 10.5. The number of hydrazine groups is 1. The second kappa shape index (κ2) is 4.09. The maximum atomic E-state index is 11.5. The van der Waals surface area contributed by atoms with Gasteiger partial charge < -0.3 is 0 Å². The molecule has 1 aliphatic rings. The Morgan fingerprint density at radius 1 is 1.69 bits per heavy atom. The highest BCUT2D eigenvalue weighted by Crippen LogP contribution is 2.23. The van der Waals surface area contributed by atoms with Crippen LogP contribution >= 0.6 is 0 Å². The monoisotopic (exact) mass is 202 g/mol. The fourth-order valence-electron chi connectivity index (χ4n) is 1.69. The van der Waals surface area contributed by atoms with Crippen LogP contribution in [0.25, 0.3) is 0 Å². The van der Waals surface area contributed by atoms with Crippen LogP contribution in [0.5, 0.6) is 0 Å². The van der Waals surface area contributed by atoms with Gasteiger partial charge >= 0.3 is 0 Å². The lowest BCUT2D eigenvalue weighted by Gasteiger charge is -2.19. The van der Waals surface area contributed by atoms with Crippen molar-refractivity contribution in [3.8, 4) is 12.3 Å². The molecule has 1 heterocycles. The molecule has 74 valence electrons. The molecule has 1 aliphatic heterocycles. The van der Waals surface area contributed by atoms with Crippen LogP contribution in [0.4, 0.5) is 0 Å². The third-order valence-electron chi connectivity index (χ3n) is 2.38.